The van der Waals surface area contributed by atoms with E-state index >= 15 is 0 Å². The first-order valence-corrected chi connectivity index (χ1v) is 10.3. The highest BCUT2D eigenvalue weighted by Gasteiger charge is 2.60. The molecule has 9 heteroatoms. The minimum absolute atomic E-state index is 0.0373. The fourth-order valence-corrected chi connectivity index (χ4v) is 4.74. The quantitative estimate of drug-likeness (QED) is 0.685. The number of fused-ring (bicyclic) bond motifs is 1. The molecule has 0 saturated heterocycles. The van der Waals surface area contributed by atoms with Crippen LogP contribution in [0.25, 0.3) is 0 Å². The van der Waals surface area contributed by atoms with Gasteiger partial charge in [0.05, 0.1) is 10.9 Å². The van der Waals surface area contributed by atoms with Gasteiger partial charge >= 0.3 is 0 Å². The number of Topliss-reactive ketones (excluding diaryl/α,β-unsaturated/α-hetero) is 1. The minimum atomic E-state index is -3.10. The molecule has 1 aromatic carbocycles. The van der Waals surface area contributed by atoms with E-state index in [2.05, 4.69) is 9.98 Å². The van der Waals surface area contributed by atoms with Crippen LogP contribution < -0.4 is 5.73 Å². The van der Waals surface area contributed by atoms with Crippen LogP contribution in [-0.4, -0.2) is 28.8 Å². The highest BCUT2D eigenvalue weighted by atomic mass is 35.5. The number of nitrogens with two attached hydrogens (primary N) is 1. The first kappa shape index (κ1) is 21.6. The molecule has 0 spiro atoms. The van der Waals surface area contributed by atoms with Crippen molar-refractivity contribution in [1.82, 2.24) is 4.98 Å². The minimum Gasteiger partial charge on any atom is -0.461 e. The lowest BCUT2D eigenvalue weighted by Crippen LogP contribution is -2.57. The van der Waals surface area contributed by atoms with Gasteiger partial charge in [-0.25, -0.2) is 18.2 Å². The Morgan fingerprint density at radius 1 is 1.32 bits per heavy atom. The van der Waals surface area contributed by atoms with Gasteiger partial charge in [0.25, 0.3) is 11.9 Å². The maximum atomic E-state index is 15.0. The Bertz CT molecular complexity index is 1040. The van der Waals surface area contributed by atoms with E-state index in [-0.39, 0.29) is 42.3 Å². The number of halogens is 4. The normalized spacial score (nSPS) is 27.1. The summed E-state index contributed by atoms with van der Waals surface area (Å²) in [5, 5.41) is 0.395. The van der Waals surface area contributed by atoms with Crippen molar-refractivity contribution in [3.8, 4) is 0 Å². The van der Waals surface area contributed by atoms with Crippen LogP contribution in [-0.2, 0) is 16.7 Å². The van der Waals surface area contributed by atoms with Crippen molar-refractivity contribution in [3.05, 3.63) is 64.2 Å². The third-order valence-electron chi connectivity index (χ3n) is 6.00. The summed E-state index contributed by atoms with van der Waals surface area (Å²) in [6.07, 6.45) is 0.741. The molecule has 3 atom stereocenters. The number of aliphatic imine (C=N–C) groups is 1. The monoisotopic (exact) mass is 451 g/mol. The van der Waals surface area contributed by atoms with E-state index in [0.29, 0.717) is 17.0 Å². The highest BCUT2D eigenvalue weighted by Crippen LogP contribution is 2.53. The summed E-state index contributed by atoms with van der Waals surface area (Å²) in [6, 6.07) is 6.81. The van der Waals surface area contributed by atoms with E-state index in [1.165, 1.54) is 31.3 Å². The maximum Gasteiger partial charge on any atom is 0.283 e. The van der Waals surface area contributed by atoms with Crippen LogP contribution in [0.5, 0.6) is 0 Å². The molecule has 4 rings (SSSR count). The third-order valence-corrected chi connectivity index (χ3v) is 6.22. The number of aromatic nitrogens is 1. The van der Waals surface area contributed by atoms with Crippen LogP contribution in [0.4, 0.5) is 13.2 Å². The molecule has 2 heterocycles. The summed E-state index contributed by atoms with van der Waals surface area (Å²) in [5.41, 5.74) is 4.77. The molecule has 2 N–H and O–H groups in total. The molecule has 1 aliphatic heterocycles. The van der Waals surface area contributed by atoms with E-state index in [9.17, 15) is 18.0 Å². The van der Waals surface area contributed by atoms with Gasteiger partial charge in [-0.2, -0.15) is 0 Å². The van der Waals surface area contributed by atoms with Crippen LogP contribution in [0.1, 0.15) is 47.8 Å². The molecule has 1 aliphatic carbocycles. The number of benzene rings is 1. The Morgan fingerprint density at radius 3 is 2.81 bits per heavy atom. The van der Waals surface area contributed by atoms with Gasteiger partial charge in [0.2, 0.25) is 0 Å². The van der Waals surface area contributed by atoms with Crippen LogP contribution in [0.2, 0.25) is 5.02 Å². The number of rotatable bonds is 4. The zero-order valence-electron chi connectivity index (χ0n) is 16.7. The molecule has 1 saturated carbocycles. The largest absolute Gasteiger partial charge is 0.461 e. The topological polar surface area (TPSA) is 77.6 Å². The number of carbonyl (C=O) groups is 1. The number of carbonyl (C=O) groups excluding carboxylic acids is 1. The number of alkyl halides is 2. The Labute approximate surface area is 182 Å². The standard InChI is InChI=1S/C22H21ClF3N3O2/c1-21(19-18(31-20(27)29-21)3-2-8-22(19,25)26)14-9-12(4-6-15(14)24)10-17(30)16-7-5-13(23)11-28-16/h4-7,9,11,18-19H,2-3,8,10H2,1H3,(H2,27,29)/t18-,19+,21-/m1/s1. The van der Waals surface area contributed by atoms with E-state index < -0.39 is 29.3 Å². The first-order chi connectivity index (χ1) is 14.6. The predicted octanol–water partition coefficient (Wildman–Crippen LogP) is 4.66. The van der Waals surface area contributed by atoms with Gasteiger partial charge in [-0.15, -0.1) is 0 Å². The Balaban J connectivity index is 1.72. The van der Waals surface area contributed by atoms with Crippen molar-refractivity contribution in [2.45, 2.75) is 50.2 Å². The zero-order chi connectivity index (χ0) is 22.4. The molecule has 2 aliphatic rings. The smallest absolute Gasteiger partial charge is 0.283 e. The van der Waals surface area contributed by atoms with Gasteiger partial charge in [0.15, 0.2) is 5.78 Å². The number of hydrogen-bond donors (Lipinski definition) is 1. The highest BCUT2D eigenvalue weighted by molar-refractivity contribution is 6.30. The SMILES string of the molecule is C[C@]1(c2cc(CC(=O)c3ccc(Cl)cn3)ccc2F)N=C(N)O[C@@H]2CCCC(F)(F)[C@@H]21. The number of ether oxygens (including phenoxy) is 1. The molecule has 1 fully saturated rings. The summed E-state index contributed by atoms with van der Waals surface area (Å²) in [5.74, 6) is -5.48. The number of ketones is 1. The van der Waals surface area contributed by atoms with Crippen LogP contribution in [0.15, 0.2) is 41.5 Å². The summed E-state index contributed by atoms with van der Waals surface area (Å²) in [4.78, 5) is 20.7. The molecule has 31 heavy (non-hydrogen) atoms. The Hall–Kier alpha value is -2.61. The first-order valence-electron chi connectivity index (χ1n) is 9.93. The van der Waals surface area contributed by atoms with Crippen molar-refractivity contribution < 1.29 is 22.7 Å². The average molecular weight is 452 g/mol. The van der Waals surface area contributed by atoms with Gasteiger partial charge < -0.3 is 10.5 Å². The van der Waals surface area contributed by atoms with Crippen molar-refractivity contribution in [3.63, 3.8) is 0 Å². The molecule has 0 unspecified atom stereocenters. The summed E-state index contributed by atoms with van der Waals surface area (Å²) < 4.78 is 50.2. The van der Waals surface area contributed by atoms with Gasteiger partial charge in [-0.1, -0.05) is 17.7 Å². The number of amidine groups is 1. The number of nitrogens with zero attached hydrogens (tertiary/aromatic N) is 2. The lowest BCUT2D eigenvalue weighted by atomic mass is 9.67. The fourth-order valence-electron chi connectivity index (χ4n) is 4.63. The predicted molar refractivity (Wildman–Crippen MR) is 110 cm³/mol. The molecule has 2 aromatic rings. The zero-order valence-corrected chi connectivity index (χ0v) is 17.5. The Morgan fingerprint density at radius 2 is 2.10 bits per heavy atom. The van der Waals surface area contributed by atoms with Crippen molar-refractivity contribution in [2.75, 3.05) is 0 Å². The molecule has 0 amide bonds. The molecular formula is C22H21ClF3N3O2. The molecule has 1 aromatic heterocycles. The van der Waals surface area contributed by atoms with E-state index in [1.54, 1.807) is 6.07 Å². The van der Waals surface area contributed by atoms with Crippen molar-refractivity contribution >= 4 is 23.4 Å². The van der Waals surface area contributed by atoms with Gasteiger partial charge in [0.1, 0.15) is 23.2 Å². The second-order valence-electron chi connectivity index (χ2n) is 8.16. The number of hydrogen-bond acceptors (Lipinski definition) is 5. The van der Waals surface area contributed by atoms with Crippen LogP contribution in [0, 0.1) is 11.7 Å². The molecule has 0 bridgehead atoms. The third kappa shape index (κ3) is 4.01. The fraction of sp³-hybridized carbons (Fsp3) is 0.409. The molecule has 5 nitrogen and oxygen atoms in total. The summed E-state index contributed by atoms with van der Waals surface area (Å²) in [6.45, 7) is 1.45. The lowest BCUT2D eigenvalue weighted by molar-refractivity contribution is -0.163. The van der Waals surface area contributed by atoms with E-state index in [0.717, 1.165) is 6.07 Å². The van der Waals surface area contributed by atoms with Gasteiger partial charge in [-0.3, -0.25) is 9.78 Å². The molecule has 164 valence electrons. The summed E-state index contributed by atoms with van der Waals surface area (Å²) in [7, 11) is 0. The molecule has 0 radical (unpaired) electrons. The summed E-state index contributed by atoms with van der Waals surface area (Å²) >= 11 is 5.80. The van der Waals surface area contributed by atoms with Crippen LogP contribution in [0.3, 0.4) is 0 Å². The second kappa shape index (κ2) is 7.82. The van der Waals surface area contributed by atoms with Crippen molar-refractivity contribution in [2.24, 2.45) is 16.6 Å². The number of pyridine rings is 1. The average Bonchev–Trinajstić information content (AvgIpc) is 2.68. The maximum absolute atomic E-state index is 15.0. The second-order valence-corrected chi connectivity index (χ2v) is 8.60. The van der Waals surface area contributed by atoms with Crippen molar-refractivity contribution in [1.29, 1.82) is 0 Å². The van der Waals surface area contributed by atoms with Crippen LogP contribution >= 0.6 is 11.6 Å². The van der Waals surface area contributed by atoms with E-state index in [1.807, 2.05) is 0 Å². The van der Waals surface area contributed by atoms with Gasteiger partial charge in [-0.05, 0) is 49.6 Å². The van der Waals surface area contributed by atoms with E-state index in [4.69, 9.17) is 22.1 Å². The molecular weight excluding hydrogens is 431 g/mol. The lowest BCUT2D eigenvalue weighted by Gasteiger charge is -2.48. The van der Waals surface area contributed by atoms with Gasteiger partial charge in [0, 0.05) is 24.6 Å². The Kier molecular flexibility index (Phi) is 5.45.